The lowest BCUT2D eigenvalue weighted by Gasteiger charge is -2.24. The van der Waals surface area contributed by atoms with Gasteiger partial charge in [-0.1, -0.05) is 73.2 Å². The second kappa shape index (κ2) is 9.49. The fourth-order valence-corrected chi connectivity index (χ4v) is 5.05. The second-order valence-electron chi connectivity index (χ2n) is 8.18. The summed E-state index contributed by atoms with van der Waals surface area (Å²) >= 11 is 7.41. The maximum atomic E-state index is 13.6. The minimum absolute atomic E-state index is 0.194. The summed E-state index contributed by atoms with van der Waals surface area (Å²) < 4.78 is 7.46. The van der Waals surface area contributed by atoms with Gasteiger partial charge in [0.2, 0.25) is 0 Å². The Morgan fingerprint density at radius 1 is 1.18 bits per heavy atom. The van der Waals surface area contributed by atoms with Crippen molar-refractivity contribution in [3.8, 4) is 0 Å². The molecular weight excluding hydrogens is 456 g/mol. The molecule has 0 N–H and O–H groups in total. The third kappa shape index (κ3) is 4.59. The number of benzene rings is 2. The number of esters is 1. The summed E-state index contributed by atoms with van der Waals surface area (Å²) in [5.74, 6) is -0.0368. The Labute approximate surface area is 201 Å². The van der Waals surface area contributed by atoms with Crippen molar-refractivity contribution in [2.24, 2.45) is 4.99 Å². The van der Waals surface area contributed by atoms with Crippen molar-refractivity contribution < 1.29 is 9.53 Å². The molecule has 33 heavy (non-hydrogen) atoms. The number of rotatable bonds is 5. The van der Waals surface area contributed by atoms with E-state index in [-0.39, 0.29) is 12.2 Å². The van der Waals surface area contributed by atoms with E-state index in [0.717, 1.165) is 11.1 Å². The van der Waals surface area contributed by atoms with Crippen LogP contribution in [0.25, 0.3) is 6.08 Å². The van der Waals surface area contributed by atoms with Crippen molar-refractivity contribution in [3.63, 3.8) is 0 Å². The standard InChI is InChI=1S/C26H25ClN2O3S/c1-5-32-25(31)22-16(4)28-26-29(23(22)19-10-12-20(27)13-11-19)24(30)21(33-26)14-17-6-8-18(9-7-17)15(2)3/h6-15,23H,5H2,1-4H3/b21-14-/t23-/m0/s1. The molecule has 1 atom stereocenters. The summed E-state index contributed by atoms with van der Waals surface area (Å²) in [5.41, 5.74) is 3.66. The molecule has 0 saturated carbocycles. The number of allylic oxidation sites excluding steroid dienone is 1. The number of ether oxygens (including phenoxy) is 1. The van der Waals surface area contributed by atoms with Gasteiger partial charge in [-0.3, -0.25) is 9.36 Å². The molecule has 0 bridgehead atoms. The van der Waals surface area contributed by atoms with Crippen LogP contribution in [0, 0.1) is 0 Å². The van der Waals surface area contributed by atoms with E-state index in [4.69, 9.17) is 16.3 Å². The zero-order valence-corrected chi connectivity index (χ0v) is 20.5. The van der Waals surface area contributed by atoms with Crippen molar-refractivity contribution in [2.45, 2.75) is 39.7 Å². The van der Waals surface area contributed by atoms with Crippen molar-refractivity contribution in [2.75, 3.05) is 6.61 Å². The SMILES string of the molecule is CCOC(=O)C1=C(C)N=c2s/c(=C\c3ccc(C(C)C)cc3)c(=O)n2[C@H]1c1ccc(Cl)cc1. The molecule has 0 spiro atoms. The molecule has 0 amide bonds. The van der Waals surface area contributed by atoms with Crippen LogP contribution in [-0.2, 0) is 9.53 Å². The molecule has 1 aromatic heterocycles. The summed E-state index contributed by atoms with van der Waals surface area (Å²) in [5, 5.41) is 0.578. The van der Waals surface area contributed by atoms with E-state index < -0.39 is 12.0 Å². The molecule has 2 aromatic carbocycles. The van der Waals surface area contributed by atoms with E-state index in [1.54, 1.807) is 30.5 Å². The maximum Gasteiger partial charge on any atom is 0.338 e. The molecule has 5 nitrogen and oxygen atoms in total. The first-order chi connectivity index (χ1) is 15.8. The molecule has 1 aliphatic rings. The normalized spacial score (nSPS) is 16.1. The van der Waals surface area contributed by atoms with Crippen molar-refractivity contribution in [3.05, 3.63) is 101 Å². The number of thiazole rings is 1. The average molecular weight is 481 g/mol. The van der Waals surface area contributed by atoms with Crippen LogP contribution in [-0.4, -0.2) is 17.1 Å². The van der Waals surface area contributed by atoms with Crippen LogP contribution in [0.3, 0.4) is 0 Å². The Bertz CT molecular complexity index is 1400. The van der Waals surface area contributed by atoms with Crippen molar-refractivity contribution >= 4 is 35.0 Å². The predicted molar refractivity (Wildman–Crippen MR) is 132 cm³/mol. The van der Waals surface area contributed by atoms with Gasteiger partial charge in [0.25, 0.3) is 5.56 Å². The Morgan fingerprint density at radius 3 is 2.45 bits per heavy atom. The molecule has 7 heteroatoms. The van der Waals surface area contributed by atoms with Crippen LogP contribution in [0.5, 0.6) is 0 Å². The zero-order chi connectivity index (χ0) is 23.7. The molecule has 0 aliphatic carbocycles. The Kier molecular flexibility index (Phi) is 6.68. The summed E-state index contributed by atoms with van der Waals surface area (Å²) in [7, 11) is 0. The third-order valence-electron chi connectivity index (χ3n) is 5.60. The van der Waals surface area contributed by atoms with Gasteiger partial charge in [-0.15, -0.1) is 0 Å². The van der Waals surface area contributed by atoms with E-state index in [1.165, 1.54) is 16.9 Å². The summed E-state index contributed by atoms with van der Waals surface area (Å²) in [6.45, 7) is 8.06. The summed E-state index contributed by atoms with van der Waals surface area (Å²) in [6.07, 6.45) is 1.87. The quantitative estimate of drug-likeness (QED) is 0.502. The molecule has 0 fully saturated rings. The Morgan fingerprint density at radius 2 is 1.85 bits per heavy atom. The number of nitrogens with zero attached hydrogens (tertiary/aromatic N) is 2. The molecule has 1 aliphatic heterocycles. The van der Waals surface area contributed by atoms with E-state index in [0.29, 0.717) is 31.5 Å². The van der Waals surface area contributed by atoms with E-state index in [2.05, 4.69) is 31.0 Å². The average Bonchev–Trinajstić information content (AvgIpc) is 3.08. The lowest BCUT2D eigenvalue weighted by molar-refractivity contribution is -0.139. The third-order valence-corrected chi connectivity index (χ3v) is 6.84. The maximum absolute atomic E-state index is 13.6. The Hall–Kier alpha value is -2.96. The lowest BCUT2D eigenvalue weighted by Crippen LogP contribution is -2.39. The molecule has 4 rings (SSSR count). The number of hydrogen-bond acceptors (Lipinski definition) is 5. The highest BCUT2D eigenvalue weighted by molar-refractivity contribution is 7.07. The van der Waals surface area contributed by atoms with E-state index >= 15 is 0 Å². The molecule has 3 aromatic rings. The van der Waals surface area contributed by atoms with Gasteiger partial charge >= 0.3 is 5.97 Å². The van der Waals surface area contributed by atoms with Crippen LogP contribution in [0.15, 0.2) is 69.6 Å². The van der Waals surface area contributed by atoms with Crippen LogP contribution in [0.4, 0.5) is 0 Å². The molecule has 0 unspecified atom stereocenters. The molecule has 0 radical (unpaired) electrons. The lowest BCUT2D eigenvalue weighted by atomic mass is 9.96. The number of aromatic nitrogens is 1. The van der Waals surface area contributed by atoms with Gasteiger partial charge in [0.05, 0.1) is 28.5 Å². The minimum Gasteiger partial charge on any atom is -0.463 e. The minimum atomic E-state index is -0.636. The smallest absolute Gasteiger partial charge is 0.338 e. The van der Waals surface area contributed by atoms with Crippen LogP contribution < -0.4 is 14.9 Å². The highest BCUT2D eigenvalue weighted by Crippen LogP contribution is 2.31. The topological polar surface area (TPSA) is 60.7 Å². The Balaban J connectivity index is 1.90. The highest BCUT2D eigenvalue weighted by Gasteiger charge is 2.33. The first-order valence-corrected chi connectivity index (χ1v) is 12.0. The number of fused-ring (bicyclic) bond motifs is 1. The van der Waals surface area contributed by atoms with Gasteiger partial charge in [-0.25, -0.2) is 9.79 Å². The van der Waals surface area contributed by atoms with Gasteiger partial charge in [0, 0.05) is 5.02 Å². The zero-order valence-electron chi connectivity index (χ0n) is 19.0. The van der Waals surface area contributed by atoms with Gasteiger partial charge < -0.3 is 4.74 Å². The molecule has 2 heterocycles. The second-order valence-corrected chi connectivity index (χ2v) is 9.62. The van der Waals surface area contributed by atoms with E-state index in [9.17, 15) is 9.59 Å². The molecule has 0 saturated heterocycles. The molecular formula is C26H25ClN2O3S. The van der Waals surface area contributed by atoms with Crippen LogP contribution in [0.2, 0.25) is 5.02 Å². The summed E-state index contributed by atoms with van der Waals surface area (Å²) in [6, 6.07) is 14.7. The number of carbonyl (C=O) groups excluding carboxylic acids is 1. The first-order valence-electron chi connectivity index (χ1n) is 10.8. The van der Waals surface area contributed by atoms with Gasteiger partial charge in [0.1, 0.15) is 0 Å². The monoisotopic (exact) mass is 480 g/mol. The van der Waals surface area contributed by atoms with Crippen LogP contribution >= 0.6 is 22.9 Å². The molecule has 170 valence electrons. The number of carbonyl (C=O) groups is 1. The predicted octanol–water partition coefficient (Wildman–Crippen LogP) is 4.58. The largest absolute Gasteiger partial charge is 0.463 e. The highest BCUT2D eigenvalue weighted by atomic mass is 35.5. The fourth-order valence-electron chi connectivity index (χ4n) is 3.88. The number of hydrogen-bond donors (Lipinski definition) is 0. The first kappa shape index (κ1) is 23.2. The number of halogens is 1. The van der Waals surface area contributed by atoms with Gasteiger partial charge in [0.15, 0.2) is 4.80 Å². The van der Waals surface area contributed by atoms with Crippen molar-refractivity contribution in [1.82, 2.24) is 4.57 Å². The summed E-state index contributed by atoms with van der Waals surface area (Å²) in [4.78, 5) is 31.6. The van der Waals surface area contributed by atoms with E-state index in [1.807, 2.05) is 30.3 Å². The van der Waals surface area contributed by atoms with Crippen molar-refractivity contribution in [1.29, 1.82) is 0 Å². The van der Waals surface area contributed by atoms with Gasteiger partial charge in [-0.2, -0.15) is 0 Å². The fraction of sp³-hybridized carbons (Fsp3) is 0.269. The van der Waals surface area contributed by atoms with Gasteiger partial charge in [-0.05, 0) is 54.7 Å². The van der Waals surface area contributed by atoms with Crippen LogP contribution in [0.1, 0.15) is 56.3 Å².